The fourth-order valence-corrected chi connectivity index (χ4v) is 1.60. The number of ether oxygens (including phenoxy) is 1. The summed E-state index contributed by atoms with van der Waals surface area (Å²) in [7, 11) is 0. The van der Waals surface area contributed by atoms with Crippen LogP contribution in [0.3, 0.4) is 0 Å². The first kappa shape index (κ1) is 15.8. The monoisotopic (exact) mass is 283 g/mol. The molecule has 0 saturated carbocycles. The molecule has 0 radical (unpaired) electrons. The molecule has 0 spiro atoms. The molecule has 0 atom stereocenters. The Balaban J connectivity index is 2.83. The topological polar surface area (TPSA) is 38.3 Å². The lowest BCUT2D eigenvalue weighted by atomic mass is 9.95. The van der Waals surface area contributed by atoms with Crippen LogP contribution in [0.25, 0.3) is 0 Å². The average Bonchev–Trinajstić information content (AvgIpc) is 2.31. The standard InChI is InChI=1S/C15H22ClNO2/c1-10(2)19-12-6-7-13(11(3)8-12)17-14(18)15(4,5)9-16/h6-8,10H,9H2,1-5H3,(H,17,18). The number of halogens is 1. The summed E-state index contributed by atoms with van der Waals surface area (Å²) >= 11 is 5.80. The van der Waals surface area contributed by atoms with Crippen molar-refractivity contribution in [3.8, 4) is 5.75 Å². The van der Waals surface area contributed by atoms with Crippen molar-refractivity contribution in [3.05, 3.63) is 23.8 Å². The van der Waals surface area contributed by atoms with Crippen molar-refractivity contribution in [2.75, 3.05) is 11.2 Å². The summed E-state index contributed by atoms with van der Waals surface area (Å²) in [5.41, 5.74) is 1.18. The van der Waals surface area contributed by atoms with Gasteiger partial charge in [-0.05, 0) is 58.4 Å². The smallest absolute Gasteiger partial charge is 0.231 e. The summed E-state index contributed by atoms with van der Waals surface area (Å²) in [4.78, 5) is 12.1. The summed E-state index contributed by atoms with van der Waals surface area (Å²) in [5.74, 6) is 1.01. The Labute approximate surface area is 120 Å². The summed E-state index contributed by atoms with van der Waals surface area (Å²) < 4.78 is 5.61. The minimum atomic E-state index is -0.582. The fourth-order valence-electron chi connectivity index (χ4n) is 1.47. The number of hydrogen-bond acceptors (Lipinski definition) is 2. The Morgan fingerprint density at radius 2 is 2.05 bits per heavy atom. The third-order valence-corrected chi connectivity index (χ3v) is 3.43. The van der Waals surface area contributed by atoms with Gasteiger partial charge in [0.05, 0.1) is 11.5 Å². The molecule has 0 aliphatic rings. The molecule has 4 heteroatoms. The minimum absolute atomic E-state index is 0.0804. The Bertz CT molecular complexity index is 455. The highest BCUT2D eigenvalue weighted by molar-refractivity contribution is 6.20. The van der Waals surface area contributed by atoms with Gasteiger partial charge in [0.1, 0.15) is 5.75 Å². The van der Waals surface area contributed by atoms with Crippen molar-refractivity contribution >= 4 is 23.2 Å². The zero-order valence-electron chi connectivity index (χ0n) is 12.2. The number of anilines is 1. The fraction of sp³-hybridized carbons (Fsp3) is 0.533. The molecule has 0 saturated heterocycles. The number of carbonyl (C=O) groups excluding carboxylic acids is 1. The van der Waals surface area contributed by atoms with Crippen molar-refractivity contribution in [1.82, 2.24) is 0 Å². The molecule has 0 aromatic heterocycles. The molecule has 106 valence electrons. The van der Waals surface area contributed by atoms with E-state index in [1.807, 2.05) is 52.8 Å². The first-order chi connectivity index (χ1) is 8.76. The summed E-state index contributed by atoms with van der Waals surface area (Å²) in [5, 5.41) is 2.90. The zero-order chi connectivity index (χ0) is 14.6. The van der Waals surface area contributed by atoms with Crippen LogP contribution in [0.15, 0.2) is 18.2 Å². The molecule has 1 N–H and O–H groups in total. The van der Waals surface area contributed by atoms with Gasteiger partial charge >= 0.3 is 0 Å². The third-order valence-electron chi connectivity index (χ3n) is 2.77. The average molecular weight is 284 g/mol. The van der Waals surface area contributed by atoms with Crippen LogP contribution in [0.5, 0.6) is 5.75 Å². The van der Waals surface area contributed by atoms with Gasteiger partial charge in [-0.2, -0.15) is 0 Å². The van der Waals surface area contributed by atoms with Gasteiger partial charge in [0.2, 0.25) is 5.91 Å². The van der Waals surface area contributed by atoms with Crippen LogP contribution in [-0.2, 0) is 4.79 Å². The molecule has 1 amide bonds. The predicted molar refractivity (Wildman–Crippen MR) is 80.1 cm³/mol. The summed E-state index contributed by atoms with van der Waals surface area (Å²) in [6.45, 7) is 9.54. The van der Waals surface area contributed by atoms with Crippen LogP contribution in [-0.4, -0.2) is 17.9 Å². The van der Waals surface area contributed by atoms with Gasteiger partial charge in [0.25, 0.3) is 0 Å². The number of benzene rings is 1. The van der Waals surface area contributed by atoms with Crippen molar-refractivity contribution in [2.24, 2.45) is 5.41 Å². The van der Waals surface area contributed by atoms with Crippen LogP contribution in [0.4, 0.5) is 5.69 Å². The maximum absolute atomic E-state index is 12.1. The van der Waals surface area contributed by atoms with E-state index in [9.17, 15) is 4.79 Å². The molecule has 19 heavy (non-hydrogen) atoms. The second kappa shape index (κ2) is 6.29. The predicted octanol–water partition coefficient (Wildman–Crippen LogP) is 3.99. The van der Waals surface area contributed by atoms with Gasteiger partial charge in [-0.1, -0.05) is 0 Å². The van der Waals surface area contributed by atoms with Crippen molar-refractivity contribution in [3.63, 3.8) is 0 Å². The van der Waals surface area contributed by atoms with Crippen LogP contribution in [0, 0.1) is 12.3 Å². The largest absolute Gasteiger partial charge is 0.491 e. The quantitative estimate of drug-likeness (QED) is 0.830. The van der Waals surface area contributed by atoms with E-state index in [-0.39, 0.29) is 17.9 Å². The number of amides is 1. The Hall–Kier alpha value is -1.22. The maximum Gasteiger partial charge on any atom is 0.231 e. The minimum Gasteiger partial charge on any atom is -0.491 e. The lowest BCUT2D eigenvalue weighted by Gasteiger charge is -2.21. The molecule has 1 aromatic carbocycles. The van der Waals surface area contributed by atoms with Gasteiger partial charge in [0.15, 0.2) is 0 Å². The molecule has 0 heterocycles. The lowest BCUT2D eigenvalue weighted by molar-refractivity contribution is -0.122. The van der Waals surface area contributed by atoms with Crippen LogP contribution in [0.1, 0.15) is 33.3 Å². The number of rotatable bonds is 5. The van der Waals surface area contributed by atoms with Gasteiger partial charge in [-0.25, -0.2) is 0 Å². The van der Waals surface area contributed by atoms with Crippen molar-refractivity contribution < 1.29 is 9.53 Å². The van der Waals surface area contributed by atoms with E-state index in [1.165, 1.54) is 0 Å². The SMILES string of the molecule is Cc1cc(OC(C)C)ccc1NC(=O)C(C)(C)CCl. The van der Waals surface area contributed by atoms with Gasteiger partial charge in [0, 0.05) is 11.6 Å². The second-order valence-electron chi connectivity index (χ2n) is 5.61. The number of alkyl halides is 1. The molecule has 0 aliphatic carbocycles. The highest BCUT2D eigenvalue weighted by Gasteiger charge is 2.26. The van der Waals surface area contributed by atoms with Gasteiger partial charge < -0.3 is 10.1 Å². The molecule has 1 aromatic rings. The summed E-state index contributed by atoms with van der Waals surface area (Å²) in [6, 6.07) is 5.63. The second-order valence-corrected chi connectivity index (χ2v) is 5.88. The summed E-state index contributed by atoms with van der Waals surface area (Å²) in [6.07, 6.45) is 0.134. The molecule has 0 fully saturated rings. The normalized spacial score (nSPS) is 11.5. The number of hydrogen-bond donors (Lipinski definition) is 1. The molecule has 0 unspecified atom stereocenters. The molecular weight excluding hydrogens is 262 g/mol. The number of aryl methyl sites for hydroxylation is 1. The van der Waals surface area contributed by atoms with E-state index in [4.69, 9.17) is 16.3 Å². The highest BCUT2D eigenvalue weighted by Crippen LogP contribution is 2.25. The molecule has 1 rings (SSSR count). The van der Waals surface area contributed by atoms with Crippen molar-refractivity contribution in [2.45, 2.75) is 40.7 Å². The Morgan fingerprint density at radius 3 is 2.53 bits per heavy atom. The number of carbonyl (C=O) groups is 1. The van der Waals surface area contributed by atoms with E-state index >= 15 is 0 Å². The van der Waals surface area contributed by atoms with Crippen LogP contribution in [0.2, 0.25) is 0 Å². The Kier molecular flexibility index (Phi) is 5.24. The molecular formula is C15H22ClNO2. The Morgan fingerprint density at radius 1 is 1.42 bits per heavy atom. The maximum atomic E-state index is 12.1. The van der Waals surface area contributed by atoms with E-state index < -0.39 is 5.41 Å². The first-order valence-corrected chi connectivity index (χ1v) is 6.94. The van der Waals surface area contributed by atoms with E-state index in [1.54, 1.807) is 0 Å². The highest BCUT2D eigenvalue weighted by atomic mass is 35.5. The number of nitrogens with one attached hydrogen (secondary N) is 1. The van der Waals surface area contributed by atoms with Gasteiger partial charge in [-0.3, -0.25) is 4.79 Å². The molecule has 3 nitrogen and oxygen atoms in total. The third kappa shape index (κ3) is 4.43. The van der Waals surface area contributed by atoms with E-state index in [0.717, 1.165) is 17.0 Å². The first-order valence-electron chi connectivity index (χ1n) is 6.41. The van der Waals surface area contributed by atoms with Gasteiger partial charge in [-0.15, -0.1) is 11.6 Å². The zero-order valence-corrected chi connectivity index (χ0v) is 13.0. The van der Waals surface area contributed by atoms with Crippen LogP contribution >= 0.6 is 11.6 Å². The van der Waals surface area contributed by atoms with Crippen LogP contribution < -0.4 is 10.1 Å². The lowest BCUT2D eigenvalue weighted by Crippen LogP contribution is -2.32. The van der Waals surface area contributed by atoms with E-state index in [2.05, 4.69) is 5.32 Å². The molecule has 0 aliphatic heterocycles. The molecule has 0 bridgehead atoms. The van der Waals surface area contributed by atoms with Crippen molar-refractivity contribution in [1.29, 1.82) is 0 Å². The van der Waals surface area contributed by atoms with E-state index in [0.29, 0.717) is 0 Å².